The molecule has 0 aromatic rings. The van der Waals surface area contributed by atoms with Gasteiger partial charge < -0.3 is 19.7 Å². The maximum Gasteiger partial charge on any atom is 0.333 e. The molecule has 0 heterocycles. The molecule has 5 heteroatoms. The highest BCUT2D eigenvalue weighted by Gasteiger charge is 2.02. The van der Waals surface area contributed by atoms with E-state index >= 15 is 0 Å². The van der Waals surface area contributed by atoms with Gasteiger partial charge in [-0.3, -0.25) is 0 Å². The SMILES string of the molecule is C=C(COCCOCCCO)C(=O)O. The lowest BCUT2D eigenvalue weighted by Gasteiger charge is -2.04. The molecule has 0 unspecified atom stereocenters. The molecule has 0 spiro atoms. The van der Waals surface area contributed by atoms with Gasteiger partial charge in [-0.05, 0) is 6.42 Å². The Morgan fingerprint density at radius 2 is 1.86 bits per heavy atom. The molecule has 0 aromatic carbocycles. The van der Waals surface area contributed by atoms with Gasteiger partial charge in [0.2, 0.25) is 0 Å². The molecule has 0 amide bonds. The number of carboxylic acid groups (broad SMARTS) is 1. The first-order valence-corrected chi connectivity index (χ1v) is 4.36. The van der Waals surface area contributed by atoms with Gasteiger partial charge in [0.1, 0.15) is 0 Å². The van der Waals surface area contributed by atoms with Gasteiger partial charge in [0.05, 0.1) is 25.4 Å². The molecular formula is C9H16O5. The Labute approximate surface area is 82.9 Å². The van der Waals surface area contributed by atoms with E-state index in [2.05, 4.69) is 6.58 Å². The average molecular weight is 204 g/mol. The summed E-state index contributed by atoms with van der Waals surface area (Å²) in [6.45, 7) is 4.64. The maximum absolute atomic E-state index is 10.3. The van der Waals surface area contributed by atoms with Crippen molar-refractivity contribution in [1.82, 2.24) is 0 Å². The van der Waals surface area contributed by atoms with Crippen LogP contribution in [0.25, 0.3) is 0 Å². The fourth-order valence-corrected chi connectivity index (χ4v) is 0.644. The van der Waals surface area contributed by atoms with Gasteiger partial charge in [0, 0.05) is 13.2 Å². The van der Waals surface area contributed by atoms with Crippen LogP contribution >= 0.6 is 0 Å². The number of aliphatic hydroxyl groups excluding tert-OH is 1. The van der Waals surface area contributed by atoms with Crippen molar-refractivity contribution in [2.75, 3.05) is 33.0 Å². The van der Waals surface area contributed by atoms with Gasteiger partial charge >= 0.3 is 5.97 Å². The van der Waals surface area contributed by atoms with E-state index < -0.39 is 5.97 Å². The fraction of sp³-hybridized carbons (Fsp3) is 0.667. The summed E-state index contributed by atoms with van der Waals surface area (Å²) in [6, 6.07) is 0. The highest BCUT2D eigenvalue weighted by molar-refractivity contribution is 5.85. The minimum Gasteiger partial charge on any atom is -0.478 e. The third kappa shape index (κ3) is 7.72. The third-order valence-electron chi connectivity index (χ3n) is 1.40. The van der Waals surface area contributed by atoms with Crippen LogP contribution < -0.4 is 0 Å². The van der Waals surface area contributed by atoms with Gasteiger partial charge in [0.15, 0.2) is 0 Å². The standard InChI is InChI=1S/C9H16O5/c1-8(9(11)12)7-14-6-5-13-4-2-3-10/h10H,1-7H2,(H,11,12). The zero-order valence-corrected chi connectivity index (χ0v) is 8.07. The lowest BCUT2D eigenvalue weighted by atomic mass is 10.3. The molecule has 14 heavy (non-hydrogen) atoms. The van der Waals surface area contributed by atoms with Gasteiger partial charge in [-0.1, -0.05) is 6.58 Å². The number of carbonyl (C=O) groups is 1. The highest BCUT2D eigenvalue weighted by Crippen LogP contribution is 1.91. The van der Waals surface area contributed by atoms with Crippen molar-refractivity contribution in [3.63, 3.8) is 0 Å². The van der Waals surface area contributed by atoms with Crippen LogP contribution in [-0.2, 0) is 14.3 Å². The number of aliphatic hydroxyl groups is 1. The van der Waals surface area contributed by atoms with Crippen LogP contribution in [0.15, 0.2) is 12.2 Å². The third-order valence-corrected chi connectivity index (χ3v) is 1.40. The summed E-state index contributed by atoms with van der Waals surface area (Å²) < 4.78 is 10.0. The van der Waals surface area contributed by atoms with E-state index in [1.165, 1.54) is 0 Å². The Bertz CT molecular complexity index is 178. The number of hydrogen-bond acceptors (Lipinski definition) is 4. The van der Waals surface area contributed by atoms with Gasteiger partial charge in [-0.25, -0.2) is 4.79 Å². The minimum atomic E-state index is -1.05. The lowest BCUT2D eigenvalue weighted by molar-refractivity contribution is -0.133. The summed E-state index contributed by atoms with van der Waals surface area (Å²) in [7, 11) is 0. The summed E-state index contributed by atoms with van der Waals surface area (Å²) in [6.07, 6.45) is 0.599. The van der Waals surface area contributed by atoms with Crippen molar-refractivity contribution in [3.8, 4) is 0 Å². The van der Waals surface area contributed by atoms with Gasteiger partial charge in [0.25, 0.3) is 0 Å². The summed E-state index contributed by atoms with van der Waals surface area (Å²) in [5.74, 6) is -1.05. The Morgan fingerprint density at radius 1 is 1.21 bits per heavy atom. The van der Waals surface area contributed by atoms with E-state index in [1.807, 2.05) is 0 Å². The first-order valence-electron chi connectivity index (χ1n) is 4.36. The van der Waals surface area contributed by atoms with E-state index in [0.29, 0.717) is 26.2 Å². The number of hydrogen-bond donors (Lipinski definition) is 2. The second-order valence-corrected chi connectivity index (χ2v) is 2.65. The Kier molecular flexibility index (Phi) is 8.11. The molecule has 0 aliphatic rings. The average Bonchev–Trinajstić information content (AvgIpc) is 2.16. The zero-order valence-electron chi connectivity index (χ0n) is 8.07. The molecule has 0 rings (SSSR count). The molecule has 5 nitrogen and oxygen atoms in total. The lowest BCUT2D eigenvalue weighted by Crippen LogP contribution is -2.11. The van der Waals surface area contributed by atoms with E-state index in [1.54, 1.807) is 0 Å². The molecular weight excluding hydrogens is 188 g/mol. The first-order chi connectivity index (χ1) is 6.68. The molecule has 0 saturated carbocycles. The summed E-state index contributed by atoms with van der Waals surface area (Å²) in [5, 5.41) is 16.8. The van der Waals surface area contributed by atoms with Crippen molar-refractivity contribution >= 4 is 5.97 Å². The van der Waals surface area contributed by atoms with Crippen LogP contribution in [0.3, 0.4) is 0 Å². The molecule has 0 fully saturated rings. The largest absolute Gasteiger partial charge is 0.478 e. The summed E-state index contributed by atoms with van der Waals surface area (Å²) in [5.41, 5.74) is 0.0281. The summed E-state index contributed by atoms with van der Waals surface area (Å²) >= 11 is 0. The van der Waals surface area contributed by atoms with Crippen LogP contribution in [0.2, 0.25) is 0 Å². The van der Waals surface area contributed by atoms with Crippen LogP contribution in [0.4, 0.5) is 0 Å². The second-order valence-electron chi connectivity index (χ2n) is 2.65. The topological polar surface area (TPSA) is 76.0 Å². The predicted octanol–water partition coefficient (Wildman–Crippen LogP) is 0.0428. The maximum atomic E-state index is 10.3. The van der Waals surface area contributed by atoms with Crippen molar-refractivity contribution in [3.05, 3.63) is 12.2 Å². The molecule has 0 atom stereocenters. The first kappa shape index (κ1) is 13.1. The smallest absolute Gasteiger partial charge is 0.333 e. The van der Waals surface area contributed by atoms with Gasteiger partial charge in [-0.15, -0.1) is 0 Å². The summed E-state index contributed by atoms with van der Waals surface area (Å²) in [4.78, 5) is 10.3. The predicted molar refractivity (Wildman–Crippen MR) is 50.1 cm³/mol. The van der Waals surface area contributed by atoms with Gasteiger partial charge in [-0.2, -0.15) is 0 Å². The van der Waals surface area contributed by atoms with Crippen molar-refractivity contribution in [1.29, 1.82) is 0 Å². The fourth-order valence-electron chi connectivity index (χ4n) is 0.644. The Balaban J connectivity index is 3.13. The number of rotatable bonds is 9. The van der Waals surface area contributed by atoms with E-state index in [-0.39, 0.29) is 18.8 Å². The van der Waals surface area contributed by atoms with Crippen LogP contribution in [0.1, 0.15) is 6.42 Å². The van der Waals surface area contributed by atoms with E-state index in [9.17, 15) is 4.79 Å². The molecule has 0 aliphatic heterocycles. The molecule has 0 bridgehead atoms. The molecule has 0 aromatic heterocycles. The van der Waals surface area contributed by atoms with Crippen LogP contribution in [0.5, 0.6) is 0 Å². The number of aliphatic carboxylic acids is 1. The minimum absolute atomic E-state index is 0.0126. The molecule has 82 valence electrons. The number of ether oxygens (including phenoxy) is 2. The number of carboxylic acids is 1. The second kappa shape index (κ2) is 8.68. The van der Waals surface area contributed by atoms with Crippen LogP contribution in [-0.4, -0.2) is 49.2 Å². The molecule has 0 saturated heterocycles. The van der Waals surface area contributed by atoms with Crippen molar-refractivity contribution in [2.45, 2.75) is 6.42 Å². The Morgan fingerprint density at radius 3 is 2.43 bits per heavy atom. The van der Waals surface area contributed by atoms with E-state index in [0.717, 1.165) is 0 Å². The van der Waals surface area contributed by atoms with E-state index in [4.69, 9.17) is 19.7 Å². The molecule has 0 aliphatic carbocycles. The Hall–Kier alpha value is -0.910. The highest BCUT2D eigenvalue weighted by atomic mass is 16.5. The monoisotopic (exact) mass is 204 g/mol. The van der Waals surface area contributed by atoms with Crippen molar-refractivity contribution in [2.24, 2.45) is 0 Å². The quantitative estimate of drug-likeness (QED) is 0.410. The zero-order chi connectivity index (χ0) is 10.8. The normalized spacial score (nSPS) is 10.1. The van der Waals surface area contributed by atoms with Crippen molar-refractivity contribution < 1.29 is 24.5 Å². The molecule has 0 radical (unpaired) electrons. The molecule has 2 N–H and O–H groups in total. The van der Waals surface area contributed by atoms with Crippen LogP contribution in [0, 0.1) is 0 Å².